The van der Waals surface area contributed by atoms with Gasteiger partial charge in [0.1, 0.15) is 10.8 Å². The maximum absolute atomic E-state index is 13.9. The Hall–Kier alpha value is -2.34. The zero-order chi connectivity index (χ0) is 17.1. The number of thiocarbonyl (C=S) groups is 1. The summed E-state index contributed by atoms with van der Waals surface area (Å²) in [4.78, 5) is 4.63. The molecule has 126 valence electrons. The molecule has 6 heteroatoms. The lowest BCUT2D eigenvalue weighted by Crippen LogP contribution is -2.48. The van der Waals surface area contributed by atoms with Crippen LogP contribution in [0.2, 0.25) is 0 Å². The number of benzene rings is 2. The van der Waals surface area contributed by atoms with Crippen LogP contribution in [-0.4, -0.2) is 48.3 Å². The van der Waals surface area contributed by atoms with Crippen LogP contribution in [0, 0.1) is 5.82 Å². The molecule has 0 atom stereocenters. The first kappa shape index (κ1) is 16.5. The molecule has 0 aromatic heterocycles. The number of ether oxygens (including phenoxy) is 1. The molecular formula is C18H19FN2O2S. The van der Waals surface area contributed by atoms with Crippen molar-refractivity contribution in [3.63, 3.8) is 0 Å². The monoisotopic (exact) mass is 346 g/mol. The van der Waals surface area contributed by atoms with Gasteiger partial charge in [-0.05, 0) is 24.3 Å². The van der Waals surface area contributed by atoms with Crippen molar-refractivity contribution in [2.24, 2.45) is 0 Å². The third-order valence-electron chi connectivity index (χ3n) is 4.21. The Bertz CT molecular complexity index is 746. The van der Waals surface area contributed by atoms with E-state index >= 15 is 0 Å². The fourth-order valence-electron chi connectivity index (χ4n) is 2.89. The second-order valence-corrected chi connectivity index (χ2v) is 5.97. The summed E-state index contributed by atoms with van der Waals surface area (Å²) in [5.74, 6) is 0.250. The van der Waals surface area contributed by atoms with Crippen molar-refractivity contribution in [1.82, 2.24) is 4.90 Å². The number of anilines is 1. The van der Waals surface area contributed by atoms with Crippen LogP contribution < -0.4 is 9.64 Å². The molecule has 0 aliphatic carbocycles. The van der Waals surface area contributed by atoms with Gasteiger partial charge >= 0.3 is 0 Å². The van der Waals surface area contributed by atoms with Crippen LogP contribution in [0.3, 0.4) is 0 Å². The van der Waals surface area contributed by atoms with E-state index in [1.165, 1.54) is 13.2 Å². The minimum Gasteiger partial charge on any atom is -0.504 e. The Labute approximate surface area is 146 Å². The Morgan fingerprint density at radius 1 is 1.08 bits per heavy atom. The lowest BCUT2D eigenvalue weighted by molar-refractivity contribution is 0.368. The zero-order valence-electron chi connectivity index (χ0n) is 13.4. The van der Waals surface area contributed by atoms with Gasteiger partial charge in [0.05, 0.1) is 18.4 Å². The number of rotatable bonds is 3. The Morgan fingerprint density at radius 3 is 2.46 bits per heavy atom. The molecule has 1 saturated heterocycles. The molecular weight excluding hydrogens is 327 g/mol. The Kier molecular flexibility index (Phi) is 4.85. The zero-order valence-corrected chi connectivity index (χ0v) is 14.2. The topological polar surface area (TPSA) is 35.9 Å². The number of hydrogen-bond acceptors (Lipinski definition) is 4. The van der Waals surface area contributed by atoms with Crippen molar-refractivity contribution >= 4 is 22.9 Å². The highest BCUT2D eigenvalue weighted by Gasteiger charge is 2.23. The normalized spacial score (nSPS) is 14.6. The molecule has 0 amide bonds. The molecule has 1 aliphatic heterocycles. The molecule has 0 saturated carbocycles. The fraction of sp³-hybridized carbons (Fsp3) is 0.278. The Morgan fingerprint density at radius 2 is 1.79 bits per heavy atom. The van der Waals surface area contributed by atoms with Gasteiger partial charge in [0.15, 0.2) is 11.5 Å². The van der Waals surface area contributed by atoms with Crippen molar-refractivity contribution in [3.8, 4) is 11.5 Å². The van der Waals surface area contributed by atoms with Crippen molar-refractivity contribution < 1.29 is 14.2 Å². The van der Waals surface area contributed by atoms with Gasteiger partial charge in [0.2, 0.25) is 0 Å². The third-order valence-corrected chi connectivity index (χ3v) is 4.69. The van der Waals surface area contributed by atoms with E-state index in [9.17, 15) is 9.50 Å². The highest BCUT2D eigenvalue weighted by atomic mass is 32.1. The maximum Gasteiger partial charge on any atom is 0.168 e. The first-order chi connectivity index (χ1) is 11.6. The van der Waals surface area contributed by atoms with E-state index in [0.29, 0.717) is 48.2 Å². The van der Waals surface area contributed by atoms with Crippen molar-refractivity contribution in [2.75, 3.05) is 38.2 Å². The second kappa shape index (κ2) is 7.05. The summed E-state index contributed by atoms with van der Waals surface area (Å²) in [5, 5.41) is 10.3. The predicted molar refractivity (Wildman–Crippen MR) is 96.5 cm³/mol. The van der Waals surface area contributed by atoms with Crippen LogP contribution in [0.5, 0.6) is 11.5 Å². The van der Waals surface area contributed by atoms with E-state index in [2.05, 4.69) is 0 Å². The van der Waals surface area contributed by atoms with Gasteiger partial charge in [0, 0.05) is 26.2 Å². The van der Waals surface area contributed by atoms with Crippen molar-refractivity contribution in [1.29, 1.82) is 0 Å². The van der Waals surface area contributed by atoms with E-state index in [0.717, 1.165) is 0 Å². The standard InChI is InChI=1S/C18H19FN2O2S/c1-23-16-8-4-5-13(17(16)22)18(24)21-11-9-20(10-12-21)15-7-3-2-6-14(15)19/h2-8,22H,9-12H2,1H3. The number of para-hydroxylation sites is 2. The molecule has 3 rings (SSSR count). The van der Waals surface area contributed by atoms with Gasteiger partial charge in [-0.2, -0.15) is 0 Å². The molecule has 0 bridgehead atoms. The summed E-state index contributed by atoms with van der Waals surface area (Å²) in [7, 11) is 1.51. The smallest absolute Gasteiger partial charge is 0.168 e. The summed E-state index contributed by atoms with van der Waals surface area (Å²) in [5.41, 5.74) is 1.20. The summed E-state index contributed by atoms with van der Waals surface area (Å²) in [6.07, 6.45) is 0. The van der Waals surface area contributed by atoms with Crippen LogP contribution in [0.25, 0.3) is 0 Å². The molecule has 4 nitrogen and oxygen atoms in total. The molecule has 0 unspecified atom stereocenters. The minimum absolute atomic E-state index is 0.0570. The number of halogens is 1. The molecule has 2 aromatic rings. The largest absolute Gasteiger partial charge is 0.504 e. The summed E-state index contributed by atoms with van der Waals surface area (Å²) in [6, 6.07) is 12.1. The number of nitrogens with zero attached hydrogens (tertiary/aromatic N) is 2. The summed E-state index contributed by atoms with van der Waals surface area (Å²) >= 11 is 5.53. The second-order valence-electron chi connectivity index (χ2n) is 5.59. The van der Waals surface area contributed by atoms with E-state index in [1.54, 1.807) is 30.3 Å². The van der Waals surface area contributed by atoms with Crippen LogP contribution in [0.4, 0.5) is 10.1 Å². The average Bonchev–Trinajstić information content (AvgIpc) is 2.62. The average molecular weight is 346 g/mol. The van der Waals surface area contributed by atoms with Gasteiger partial charge in [-0.25, -0.2) is 4.39 Å². The molecule has 2 aromatic carbocycles. The number of phenols is 1. The lowest BCUT2D eigenvalue weighted by Gasteiger charge is -2.37. The predicted octanol–water partition coefficient (Wildman–Crippen LogP) is 3.04. The number of piperazine rings is 1. The molecule has 1 heterocycles. The lowest BCUT2D eigenvalue weighted by atomic mass is 10.1. The van der Waals surface area contributed by atoms with Gasteiger partial charge < -0.3 is 19.6 Å². The molecule has 1 aliphatic rings. The number of hydrogen-bond donors (Lipinski definition) is 1. The summed E-state index contributed by atoms with van der Waals surface area (Å²) in [6.45, 7) is 2.69. The van der Waals surface area contributed by atoms with Crippen molar-refractivity contribution in [2.45, 2.75) is 0 Å². The number of methoxy groups -OCH3 is 1. The number of phenolic OH excluding ortho intramolecular Hbond substituents is 1. The molecule has 0 radical (unpaired) electrons. The quantitative estimate of drug-likeness (QED) is 0.865. The Balaban J connectivity index is 1.71. The SMILES string of the molecule is COc1cccc(C(=S)N2CCN(c3ccccc3F)CC2)c1O. The van der Waals surface area contributed by atoms with E-state index in [1.807, 2.05) is 15.9 Å². The highest BCUT2D eigenvalue weighted by molar-refractivity contribution is 7.80. The molecule has 24 heavy (non-hydrogen) atoms. The first-order valence-electron chi connectivity index (χ1n) is 7.76. The highest BCUT2D eigenvalue weighted by Crippen LogP contribution is 2.31. The minimum atomic E-state index is -0.209. The van der Waals surface area contributed by atoms with Crippen LogP contribution in [0.1, 0.15) is 5.56 Å². The third kappa shape index (κ3) is 3.14. The molecule has 1 N–H and O–H groups in total. The fourth-order valence-corrected chi connectivity index (χ4v) is 3.24. The van der Waals surface area contributed by atoms with Crippen LogP contribution in [-0.2, 0) is 0 Å². The van der Waals surface area contributed by atoms with Crippen LogP contribution >= 0.6 is 12.2 Å². The first-order valence-corrected chi connectivity index (χ1v) is 8.17. The van der Waals surface area contributed by atoms with Gasteiger partial charge in [-0.3, -0.25) is 0 Å². The van der Waals surface area contributed by atoms with Crippen LogP contribution in [0.15, 0.2) is 42.5 Å². The van der Waals surface area contributed by atoms with E-state index < -0.39 is 0 Å². The van der Waals surface area contributed by atoms with Gasteiger partial charge in [-0.15, -0.1) is 0 Å². The van der Waals surface area contributed by atoms with Gasteiger partial charge in [0.25, 0.3) is 0 Å². The number of aromatic hydroxyl groups is 1. The molecule has 0 spiro atoms. The van der Waals surface area contributed by atoms with E-state index in [-0.39, 0.29) is 11.6 Å². The van der Waals surface area contributed by atoms with Gasteiger partial charge in [-0.1, -0.05) is 30.4 Å². The maximum atomic E-state index is 13.9. The molecule has 1 fully saturated rings. The van der Waals surface area contributed by atoms with Crippen molar-refractivity contribution in [3.05, 3.63) is 53.8 Å². The van der Waals surface area contributed by atoms with E-state index in [4.69, 9.17) is 17.0 Å². The summed E-state index contributed by atoms with van der Waals surface area (Å²) < 4.78 is 19.0.